The van der Waals surface area contributed by atoms with Gasteiger partial charge in [0.05, 0.1) is 0 Å². The van der Waals surface area contributed by atoms with E-state index in [-0.39, 0.29) is 6.04 Å². The van der Waals surface area contributed by atoms with E-state index in [0.29, 0.717) is 6.54 Å². The molecule has 3 aliphatic rings. The minimum Gasteiger partial charge on any atom is -0.307 e. The summed E-state index contributed by atoms with van der Waals surface area (Å²) in [4.78, 5) is 14.7. The number of hydrogen-bond donors (Lipinski definition) is 2. The van der Waals surface area contributed by atoms with Crippen LogP contribution in [0.25, 0.3) is 6.08 Å². The maximum absolute atomic E-state index is 12.6. The van der Waals surface area contributed by atoms with Crippen molar-refractivity contribution in [3.05, 3.63) is 34.4 Å². The van der Waals surface area contributed by atoms with Crippen molar-refractivity contribution in [2.45, 2.75) is 44.6 Å². The van der Waals surface area contributed by atoms with Crippen LogP contribution in [-0.2, 0) is 29.5 Å². The molecule has 0 bridgehead atoms. The number of likely N-dealkylation sites (N-methyl/N-ethyl adjacent to an activating group) is 2. The predicted octanol–water partition coefficient (Wildman–Crippen LogP) is 2.14. The molecule has 0 unspecified atom stereocenters. The third kappa shape index (κ3) is 3.68. The number of urea groups is 1. The number of benzene rings is 1. The van der Waals surface area contributed by atoms with Crippen LogP contribution >= 0.6 is 0 Å². The topological polar surface area (TPSA) is 81.8 Å². The van der Waals surface area contributed by atoms with Crippen LogP contribution in [0.15, 0.2) is 12.1 Å². The highest BCUT2D eigenvalue weighted by molar-refractivity contribution is 7.87. The SMILES string of the molecule is CN1CCC[C@@H]1CN(C)S(=O)(=O)NC(=O)Nc1c2c(cc3c1CCC3)C=CC2. The predicted molar refractivity (Wildman–Crippen MR) is 111 cm³/mol. The van der Waals surface area contributed by atoms with Crippen LogP contribution in [-0.4, -0.2) is 56.9 Å². The highest BCUT2D eigenvalue weighted by Gasteiger charge is 2.29. The van der Waals surface area contributed by atoms with Gasteiger partial charge >= 0.3 is 16.2 Å². The zero-order valence-electron chi connectivity index (χ0n) is 16.5. The Morgan fingerprint density at radius 3 is 2.86 bits per heavy atom. The van der Waals surface area contributed by atoms with Crippen LogP contribution in [0.1, 0.15) is 41.5 Å². The largest absolute Gasteiger partial charge is 0.333 e. The van der Waals surface area contributed by atoms with Gasteiger partial charge in [-0.1, -0.05) is 18.2 Å². The van der Waals surface area contributed by atoms with Gasteiger partial charge in [-0.05, 0) is 74.4 Å². The highest BCUT2D eigenvalue weighted by atomic mass is 32.2. The number of anilines is 1. The third-order valence-electron chi connectivity index (χ3n) is 6.17. The Labute approximate surface area is 167 Å². The fourth-order valence-corrected chi connectivity index (χ4v) is 5.38. The molecule has 8 heteroatoms. The van der Waals surface area contributed by atoms with E-state index in [2.05, 4.69) is 33.2 Å². The van der Waals surface area contributed by atoms with Gasteiger partial charge in [-0.3, -0.25) is 0 Å². The average Bonchev–Trinajstić information content (AvgIpc) is 3.35. The molecule has 1 aromatic carbocycles. The molecule has 1 aliphatic heterocycles. The molecule has 1 atom stereocenters. The number of fused-ring (bicyclic) bond motifs is 2. The summed E-state index contributed by atoms with van der Waals surface area (Å²) in [7, 11) is -0.369. The van der Waals surface area contributed by atoms with Crippen LogP contribution in [0.3, 0.4) is 0 Å². The molecule has 2 N–H and O–H groups in total. The maximum atomic E-state index is 12.6. The van der Waals surface area contributed by atoms with Crippen LogP contribution in [0.4, 0.5) is 10.5 Å². The number of nitrogens with zero attached hydrogens (tertiary/aromatic N) is 2. The molecule has 0 spiro atoms. The van der Waals surface area contributed by atoms with Crippen molar-refractivity contribution < 1.29 is 13.2 Å². The molecule has 0 saturated carbocycles. The van der Waals surface area contributed by atoms with E-state index in [0.717, 1.165) is 67.4 Å². The first kappa shape index (κ1) is 19.4. The lowest BCUT2D eigenvalue weighted by molar-refractivity contribution is 0.253. The minimum absolute atomic E-state index is 0.191. The quantitative estimate of drug-likeness (QED) is 0.788. The molecule has 0 aromatic heterocycles. The Morgan fingerprint density at radius 1 is 1.29 bits per heavy atom. The minimum atomic E-state index is -3.89. The highest BCUT2D eigenvalue weighted by Crippen LogP contribution is 2.37. The fraction of sp³-hybridized carbons (Fsp3) is 0.550. The first-order valence-electron chi connectivity index (χ1n) is 9.94. The fourth-order valence-electron chi connectivity index (χ4n) is 4.58. The second kappa shape index (κ2) is 7.50. The number of carbonyl (C=O) groups excluding carboxylic acids is 1. The maximum Gasteiger partial charge on any atom is 0.333 e. The molecular formula is C20H28N4O3S. The lowest BCUT2D eigenvalue weighted by Crippen LogP contribution is -2.47. The van der Waals surface area contributed by atoms with Gasteiger partial charge in [0.2, 0.25) is 0 Å². The summed E-state index contributed by atoms with van der Waals surface area (Å²) in [5.41, 5.74) is 5.40. The van der Waals surface area contributed by atoms with Crippen molar-refractivity contribution in [2.75, 3.05) is 32.5 Å². The number of rotatable bonds is 5. The van der Waals surface area contributed by atoms with E-state index < -0.39 is 16.2 Å². The zero-order chi connectivity index (χ0) is 19.9. The molecule has 1 aromatic rings. The number of amides is 2. The standard InChI is InChI=1S/C20H28N4O3S/c1-23-11-5-8-16(23)13-24(2)28(26,27)22-20(25)21-19-17-9-3-6-14(17)12-15-7-4-10-18(15)19/h3,6,12,16H,4-5,7-11,13H2,1-2H3,(H2,21,22,25)/t16-/m1/s1. The average molecular weight is 405 g/mol. The van der Waals surface area contributed by atoms with Crippen LogP contribution in [0, 0.1) is 0 Å². The Morgan fingerprint density at radius 2 is 2.11 bits per heavy atom. The second-order valence-corrected chi connectivity index (χ2v) is 9.81. The van der Waals surface area contributed by atoms with Gasteiger partial charge in [-0.2, -0.15) is 12.7 Å². The summed E-state index contributed by atoms with van der Waals surface area (Å²) >= 11 is 0. The van der Waals surface area contributed by atoms with Crippen molar-refractivity contribution >= 4 is 28.0 Å². The summed E-state index contributed by atoms with van der Waals surface area (Å²) < 4.78 is 28.7. The smallest absolute Gasteiger partial charge is 0.307 e. The van der Waals surface area contributed by atoms with Gasteiger partial charge in [0, 0.05) is 25.3 Å². The Hall–Kier alpha value is -1.90. The first-order chi connectivity index (χ1) is 13.3. The van der Waals surface area contributed by atoms with Crippen LogP contribution in [0.2, 0.25) is 0 Å². The van der Waals surface area contributed by atoms with E-state index in [9.17, 15) is 13.2 Å². The van der Waals surface area contributed by atoms with Gasteiger partial charge in [-0.25, -0.2) is 9.52 Å². The van der Waals surface area contributed by atoms with Crippen molar-refractivity contribution in [3.8, 4) is 0 Å². The van der Waals surface area contributed by atoms with E-state index in [1.54, 1.807) is 0 Å². The molecule has 4 rings (SSSR count). The number of nitrogens with one attached hydrogen (secondary N) is 2. The first-order valence-corrected chi connectivity index (χ1v) is 11.4. The Kier molecular flexibility index (Phi) is 5.20. The lowest BCUT2D eigenvalue weighted by Gasteiger charge is -2.25. The molecule has 152 valence electrons. The lowest BCUT2D eigenvalue weighted by atomic mass is 9.98. The molecule has 2 amide bonds. The molecule has 2 aliphatic carbocycles. The third-order valence-corrected chi connectivity index (χ3v) is 7.58. The number of carbonyl (C=O) groups is 1. The molecule has 1 fully saturated rings. The van der Waals surface area contributed by atoms with Crippen LogP contribution in [0.5, 0.6) is 0 Å². The molecular weight excluding hydrogens is 376 g/mol. The van der Waals surface area contributed by atoms with E-state index in [1.807, 2.05) is 7.05 Å². The Bertz CT molecular complexity index is 922. The normalized spacial score (nSPS) is 21.2. The second-order valence-electron chi connectivity index (χ2n) is 8.04. The van der Waals surface area contributed by atoms with E-state index in [1.165, 1.54) is 16.9 Å². The van der Waals surface area contributed by atoms with Crippen molar-refractivity contribution in [1.82, 2.24) is 13.9 Å². The van der Waals surface area contributed by atoms with Crippen molar-refractivity contribution in [2.24, 2.45) is 0 Å². The van der Waals surface area contributed by atoms with Gasteiger partial charge in [0.25, 0.3) is 0 Å². The monoisotopic (exact) mass is 404 g/mol. The number of hydrogen-bond acceptors (Lipinski definition) is 4. The van der Waals surface area contributed by atoms with Crippen LogP contribution < -0.4 is 10.0 Å². The van der Waals surface area contributed by atoms with Crippen molar-refractivity contribution in [1.29, 1.82) is 0 Å². The summed E-state index contributed by atoms with van der Waals surface area (Å²) in [6, 6.07) is 1.70. The van der Waals surface area contributed by atoms with Crippen molar-refractivity contribution in [3.63, 3.8) is 0 Å². The van der Waals surface area contributed by atoms with Gasteiger partial charge in [0.15, 0.2) is 0 Å². The molecule has 1 saturated heterocycles. The number of likely N-dealkylation sites (tertiary alicyclic amines) is 1. The van der Waals surface area contributed by atoms with Gasteiger partial charge in [-0.15, -0.1) is 0 Å². The molecule has 1 heterocycles. The van der Waals surface area contributed by atoms with E-state index >= 15 is 0 Å². The summed E-state index contributed by atoms with van der Waals surface area (Å²) in [5, 5.41) is 2.85. The summed E-state index contributed by atoms with van der Waals surface area (Å²) in [5.74, 6) is 0. The Balaban J connectivity index is 1.46. The zero-order valence-corrected chi connectivity index (χ0v) is 17.3. The van der Waals surface area contributed by atoms with Gasteiger partial charge in [0.1, 0.15) is 0 Å². The molecule has 28 heavy (non-hydrogen) atoms. The summed E-state index contributed by atoms with van der Waals surface area (Å²) in [6.07, 6.45) is 9.93. The number of allylic oxidation sites excluding steroid dienone is 1. The molecule has 0 radical (unpaired) electrons. The summed E-state index contributed by atoms with van der Waals surface area (Å²) in [6.45, 7) is 1.35. The van der Waals surface area contributed by atoms with Gasteiger partial charge < -0.3 is 10.2 Å². The van der Waals surface area contributed by atoms with E-state index in [4.69, 9.17) is 0 Å². The molecule has 7 nitrogen and oxygen atoms in total. The number of aryl methyl sites for hydroxylation is 1.